The molecule has 0 atom stereocenters. The van der Waals surface area contributed by atoms with Gasteiger partial charge in [-0.05, 0) is 25.0 Å². The van der Waals surface area contributed by atoms with Crippen molar-refractivity contribution in [3.63, 3.8) is 0 Å². The average Bonchev–Trinajstić information content (AvgIpc) is 2.82. The Kier molecular flexibility index (Phi) is 5.48. The molecule has 2 aromatic rings. The van der Waals surface area contributed by atoms with E-state index >= 15 is 0 Å². The molecule has 1 amide bonds. The summed E-state index contributed by atoms with van der Waals surface area (Å²) in [7, 11) is 0. The van der Waals surface area contributed by atoms with Gasteiger partial charge in [-0.15, -0.1) is 0 Å². The van der Waals surface area contributed by atoms with Gasteiger partial charge in [0.1, 0.15) is 30.1 Å². The van der Waals surface area contributed by atoms with Crippen LogP contribution >= 0.6 is 0 Å². The van der Waals surface area contributed by atoms with E-state index in [1.54, 1.807) is 4.90 Å². The number of hydrogen-bond acceptors (Lipinski definition) is 3. The summed E-state index contributed by atoms with van der Waals surface area (Å²) in [5.41, 5.74) is 2.04. The van der Waals surface area contributed by atoms with Crippen molar-refractivity contribution in [2.45, 2.75) is 43.6 Å². The van der Waals surface area contributed by atoms with Crippen molar-refractivity contribution < 1.29 is 19.2 Å². The standard InChI is InChI=1S/C25H30N2O3/c28-24(26-18-25(12-6-1-7-13-25)27-14-16-29-17-15-27)23-19-8-2-4-10-21(19)30-22-11-5-3-9-20(22)23/h2-5,8-11,23H,1,6-7,12-18H2,(H,26,28)/p+1. The first kappa shape index (κ1) is 19.6. The van der Waals surface area contributed by atoms with Crippen molar-refractivity contribution >= 4 is 5.91 Å². The molecule has 1 saturated heterocycles. The summed E-state index contributed by atoms with van der Waals surface area (Å²) >= 11 is 0. The molecule has 2 aliphatic heterocycles. The fourth-order valence-corrected chi connectivity index (χ4v) is 5.58. The lowest BCUT2D eigenvalue weighted by atomic mass is 9.79. The number of quaternary nitrogens is 1. The Balaban J connectivity index is 1.40. The highest BCUT2D eigenvalue weighted by atomic mass is 16.5. The largest absolute Gasteiger partial charge is 0.457 e. The number of rotatable bonds is 4. The second-order valence-electron chi connectivity index (χ2n) is 8.89. The zero-order valence-corrected chi connectivity index (χ0v) is 17.5. The van der Waals surface area contributed by atoms with Gasteiger partial charge < -0.3 is 19.7 Å². The molecular formula is C25H31N2O3+. The number of fused-ring (bicyclic) bond motifs is 2. The molecule has 158 valence electrons. The molecule has 5 nitrogen and oxygen atoms in total. The van der Waals surface area contributed by atoms with E-state index in [-0.39, 0.29) is 17.4 Å². The minimum Gasteiger partial charge on any atom is -0.457 e. The molecule has 30 heavy (non-hydrogen) atoms. The van der Waals surface area contributed by atoms with Gasteiger partial charge in [-0.3, -0.25) is 4.79 Å². The SMILES string of the molecule is O=C(NCC1([NH+]2CCOCC2)CCCCC1)C1c2ccccc2Oc2ccccc21. The van der Waals surface area contributed by atoms with Gasteiger partial charge in [0.25, 0.3) is 0 Å². The van der Waals surface area contributed by atoms with Gasteiger partial charge in [-0.1, -0.05) is 42.8 Å². The number of hydrogen-bond donors (Lipinski definition) is 2. The summed E-state index contributed by atoms with van der Waals surface area (Å²) in [6.45, 7) is 4.47. The van der Waals surface area contributed by atoms with Crippen LogP contribution in [0.3, 0.4) is 0 Å². The molecule has 0 spiro atoms. The fraction of sp³-hybridized carbons (Fsp3) is 0.480. The van der Waals surface area contributed by atoms with Crippen LogP contribution in [0.4, 0.5) is 0 Å². The van der Waals surface area contributed by atoms with E-state index in [9.17, 15) is 4.79 Å². The Morgan fingerprint density at radius 3 is 2.17 bits per heavy atom. The van der Waals surface area contributed by atoms with Crippen molar-refractivity contribution in [3.05, 3.63) is 59.7 Å². The van der Waals surface area contributed by atoms with Gasteiger partial charge in [0.2, 0.25) is 5.91 Å². The second-order valence-corrected chi connectivity index (χ2v) is 8.89. The van der Waals surface area contributed by atoms with Crippen LogP contribution in [0.15, 0.2) is 48.5 Å². The normalized spacial score (nSPS) is 21.2. The number of benzene rings is 2. The lowest BCUT2D eigenvalue weighted by Crippen LogP contribution is -3.23. The lowest BCUT2D eigenvalue weighted by Gasteiger charge is -2.45. The number of para-hydroxylation sites is 2. The van der Waals surface area contributed by atoms with E-state index in [2.05, 4.69) is 5.32 Å². The molecular weight excluding hydrogens is 376 g/mol. The number of amides is 1. The summed E-state index contributed by atoms with van der Waals surface area (Å²) in [6, 6.07) is 15.8. The maximum Gasteiger partial charge on any atom is 0.232 e. The quantitative estimate of drug-likeness (QED) is 0.819. The van der Waals surface area contributed by atoms with E-state index in [0.717, 1.165) is 55.5 Å². The predicted molar refractivity (Wildman–Crippen MR) is 115 cm³/mol. The molecule has 0 unspecified atom stereocenters. The van der Waals surface area contributed by atoms with Crippen molar-refractivity contribution in [1.29, 1.82) is 0 Å². The van der Waals surface area contributed by atoms with E-state index in [1.165, 1.54) is 32.1 Å². The van der Waals surface area contributed by atoms with Crippen LogP contribution in [0.2, 0.25) is 0 Å². The molecule has 2 heterocycles. The highest BCUT2D eigenvalue weighted by Gasteiger charge is 2.43. The maximum absolute atomic E-state index is 13.6. The Hall–Kier alpha value is -2.37. The Bertz CT molecular complexity index is 855. The van der Waals surface area contributed by atoms with Crippen LogP contribution in [0.5, 0.6) is 11.5 Å². The zero-order chi connectivity index (χ0) is 20.4. The molecule has 0 radical (unpaired) electrons. The average molecular weight is 408 g/mol. The van der Waals surface area contributed by atoms with E-state index in [4.69, 9.17) is 9.47 Å². The van der Waals surface area contributed by atoms with Crippen LogP contribution in [-0.4, -0.2) is 44.3 Å². The Morgan fingerprint density at radius 1 is 0.933 bits per heavy atom. The zero-order valence-electron chi connectivity index (χ0n) is 17.5. The monoisotopic (exact) mass is 407 g/mol. The Labute approximate surface area is 178 Å². The highest BCUT2D eigenvalue weighted by Crippen LogP contribution is 2.44. The molecule has 2 aromatic carbocycles. The van der Waals surface area contributed by atoms with E-state index in [1.807, 2.05) is 48.5 Å². The first-order valence-corrected chi connectivity index (χ1v) is 11.3. The van der Waals surface area contributed by atoms with Gasteiger partial charge in [-0.2, -0.15) is 0 Å². The molecule has 0 aromatic heterocycles. The van der Waals surface area contributed by atoms with Crippen LogP contribution < -0.4 is 15.0 Å². The minimum absolute atomic E-state index is 0.0795. The van der Waals surface area contributed by atoms with E-state index < -0.39 is 0 Å². The maximum atomic E-state index is 13.6. The van der Waals surface area contributed by atoms with Crippen molar-refractivity contribution in [2.75, 3.05) is 32.8 Å². The predicted octanol–water partition coefficient (Wildman–Crippen LogP) is 2.66. The molecule has 2 N–H and O–H groups in total. The molecule has 0 bridgehead atoms. The van der Waals surface area contributed by atoms with E-state index in [0.29, 0.717) is 0 Å². The van der Waals surface area contributed by atoms with Gasteiger partial charge in [0.05, 0.1) is 25.7 Å². The summed E-state index contributed by atoms with van der Waals surface area (Å²) in [4.78, 5) is 15.2. The fourth-order valence-electron chi connectivity index (χ4n) is 5.58. The third-order valence-electron chi connectivity index (χ3n) is 7.20. The number of morpholine rings is 1. The smallest absolute Gasteiger partial charge is 0.232 e. The molecule has 5 rings (SSSR count). The summed E-state index contributed by atoms with van der Waals surface area (Å²) in [6.07, 6.45) is 6.18. The van der Waals surface area contributed by atoms with Crippen LogP contribution in [0.1, 0.15) is 49.1 Å². The molecule has 5 heteroatoms. The van der Waals surface area contributed by atoms with Crippen LogP contribution in [-0.2, 0) is 9.53 Å². The van der Waals surface area contributed by atoms with Gasteiger partial charge in [0.15, 0.2) is 0 Å². The molecule has 1 saturated carbocycles. The Morgan fingerprint density at radius 2 is 1.53 bits per heavy atom. The van der Waals surface area contributed by atoms with Crippen molar-refractivity contribution in [2.24, 2.45) is 0 Å². The number of carbonyl (C=O) groups excluding carboxylic acids is 1. The first-order valence-electron chi connectivity index (χ1n) is 11.3. The summed E-state index contributed by atoms with van der Waals surface area (Å²) in [5, 5.41) is 3.39. The molecule has 2 fully saturated rings. The molecule has 3 aliphatic rings. The van der Waals surface area contributed by atoms with Crippen LogP contribution in [0, 0.1) is 0 Å². The number of ether oxygens (including phenoxy) is 2. The molecule has 1 aliphatic carbocycles. The highest BCUT2D eigenvalue weighted by molar-refractivity contribution is 5.89. The third-order valence-corrected chi connectivity index (χ3v) is 7.20. The topological polar surface area (TPSA) is 52.0 Å². The van der Waals surface area contributed by atoms with Gasteiger partial charge >= 0.3 is 0 Å². The first-order chi connectivity index (χ1) is 14.8. The number of carbonyl (C=O) groups is 1. The van der Waals surface area contributed by atoms with Crippen LogP contribution in [0.25, 0.3) is 0 Å². The number of nitrogens with one attached hydrogen (secondary N) is 2. The van der Waals surface area contributed by atoms with Crippen molar-refractivity contribution in [3.8, 4) is 11.5 Å². The summed E-state index contributed by atoms with van der Waals surface area (Å²) < 4.78 is 11.7. The van der Waals surface area contributed by atoms with Crippen molar-refractivity contribution in [1.82, 2.24) is 5.32 Å². The van der Waals surface area contributed by atoms with Gasteiger partial charge in [0, 0.05) is 24.0 Å². The third kappa shape index (κ3) is 3.61. The lowest BCUT2D eigenvalue weighted by molar-refractivity contribution is -0.960. The minimum atomic E-state index is -0.327. The summed E-state index contributed by atoms with van der Waals surface area (Å²) in [5.74, 6) is 1.31. The van der Waals surface area contributed by atoms with Gasteiger partial charge in [-0.25, -0.2) is 0 Å². The second kappa shape index (κ2) is 8.40.